The highest BCUT2D eigenvalue weighted by atomic mass is 32.2. The van der Waals surface area contributed by atoms with E-state index in [0.29, 0.717) is 25.4 Å². The molecule has 1 aliphatic heterocycles. The zero-order chi connectivity index (χ0) is 20.4. The molecule has 0 unspecified atom stereocenters. The van der Waals surface area contributed by atoms with E-state index >= 15 is 0 Å². The maximum absolute atomic E-state index is 13.4. The van der Waals surface area contributed by atoms with Crippen molar-refractivity contribution in [1.82, 2.24) is 4.90 Å². The van der Waals surface area contributed by atoms with Gasteiger partial charge >= 0.3 is 0 Å². The molecule has 2 heterocycles. The molecular formula is C22H19F2NO3S. The molecule has 1 aliphatic rings. The Morgan fingerprint density at radius 1 is 1.07 bits per heavy atom. The third kappa shape index (κ3) is 4.52. The Hall–Kier alpha value is -2.64. The number of benzene rings is 2. The molecule has 1 aromatic heterocycles. The van der Waals surface area contributed by atoms with Gasteiger partial charge in [-0.1, -0.05) is 12.1 Å². The van der Waals surface area contributed by atoms with Gasteiger partial charge in [0, 0.05) is 24.1 Å². The number of hydrogen-bond acceptors (Lipinski definition) is 5. The molecule has 0 saturated heterocycles. The second-order valence-electron chi connectivity index (χ2n) is 6.89. The van der Waals surface area contributed by atoms with Crippen LogP contribution in [0.3, 0.4) is 0 Å². The van der Waals surface area contributed by atoms with Crippen LogP contribution in [0.2, 0.25) is 0 Å². The summed E-state index contributed by atoms with van der Waals surface area (Å²) in [6.07, 6.45) is 3.33. The molecule has 0 fully saturated rings. The number of ether oxygens (including phenoxy) is 1. The fraction of sp³-hybridized carbons (Fsp3) is 0.227. The molecule has 7 heteroatoms. The summed E-state index contributed by atoms with van der Waals surface area (Å²) in [4.78, 5) is 15.5. The topological polar surface area (TPSA) is 42.7 Å². The lowest BCUT2D eigenvalue weighted by Gasteiger charge is -2.14. The molecule has 0 bridgehead atoms. The lowest BCUT2D eigenvalue weighted by atomic mass is 10.1. The van der Waals surface area contributed by atoms with Crippen LogP contribution in [-0.2, 0) is 26.2 Å². The van der Waals surface area contributed by atoms with E-state index in [1.807, 2.05) is 35.4 Å². The van der Waals surface area contributed by atoms with Crippen molar-refractivity contribution in [2.45, 2.75) is 31.1 Å². The largest absolute Gasteiger partial charge is 0.482 e. The Kier molecular flexibility index (Phi) is 5.69. The third-order valence-corrected chi connectivity index (χ3v) is 5.56. The van der Waals surface area contributed by atoms with E-state index in [1.54, 1.807) is 11.8 Å². The lowest BCUT2D eigenvalue weighted by molar-refractivity contribution is 0.241. The van der Waals surface area contributed by atoms with E-state index in [1.165, 1.54) is 24.5 Å². The highest BCUT2D eigenvalue weighted by Crippen LogP contribution is 2.26. The predicted octanol–water partition coefficient (Wildman–Crippen LogP) is 4.73. The van der Waals surface area contributed by atoms with E-state index in [9.17, 15) is 13.6 Å². The maximum Gasteiger partial charge on any atom is 0.227 e. The van der Waals surface area contributed by atoms with Gasteiger partial charge in [0.2, 0.25) is 11.2 Å². The standard InChI is InChI=1S/C22H19F2NO3S/c1-29-18-4-2-14(3-5-18)12-28-22-13-27-17(8-21(22)26)11-25-9-15-6-19(23)20(24)7-16(15)10-25/h2-8,13H,9-12H2,1H3. The van der Waals surface area contributed by atoms with Crippen LogP contribution in [0.1, 0.15) is 22.5 Å². The van der Waals surface area contributed by atoms with Crippen molar-refractivity contribution in [3.8, 4) is 5.75 Å². The predicted molar refractivity (Wildman–Crippen MR) is 107 cm³/mol. The van der Waals surface area contributed by atoms with Crippen LogP contribution in [0.4, 0.5) is 8.78 Å². The molecule has 0 aliphatic carbocycles. The zero-order valence-corrected chi connectivity index (χ0v) is 16.6. The Labute approximate surface area is 171 Å². The van der Waals surface area contributed by atoms with E-state index < -0.39 is 11.6 Å². The highest BCUT2D eigenvalue weighted by molar-refractivity contribution is 7.98. The third-order valence-electron chi connectivity index (χ3n) is 4.82. The first kappa shape index (κ1) is 19.7. The summed E-state index contributed by atoms with van der Waals surface area (Å²) in [6.45, 7) is 1.59. The Balaban J connectivity index is 1.38. The van der Waals surface area contributed by atoms with Gasteiger partial charge in [0.05, 0.1) is 6.54 Å². The monoisotopic (exact) mass is 415 g/mol. The minimum absolute atomic E-state index is 0.150. The molecule has 0 amide bonds. The molecule has 3 aromatic rings. The molecule has 0 N–H and O–H groups in total. The SMILES string of the molecule is CSc1ccc(COc2coc(CN3Cc4cc(F)c(F)cc4C3)cc2=O)cc1. The van der Waals surface area contributed by atoms with E-state index in [2.05, 4.69) is 0 Å². The molecule has 2 aromatic carbocycles. The molecule has 0 atom stereocenters. The fourth-order valence-electron chi connectivity index (χ4n) is 3.30. The Bertz CT molecular complexity index is 1050. The van der Waals surface area contributed by atoms with Gasteiger partial charge in [0.25, 0.3) is 0 Å². The number of fused-ring (bicyclic) bond motifs is 1. The van der Waals surface area contributed by atoms with E-state index in [4.69, 9.17) is 9.15 Å². The molecule has 4 nitrogen and oxygen atoms in total. The van der Waals surface area contributed by atoms with Crippen molar-refractivity contribution < 1.29 is 17.9 Å². The molecular weight excluding hydrogens is 396 g/mol. The number of thioether (sulfide) groups is 1. The summed E-state index contributed by atoms with van der Waals surface area (Å²) in [5.74, 6) is -1.07. The van der Waals surface area contributed by atoms with Crippen LogP contribution in [0.5, 0.6) is 5.75 Å². The molecule has 29 heavy (non-hydrogen) atoms. The van der Waals surface area contributed by atoms with Gasteiger partial charge in [-0.25, -0.2) is 8.78 Å². The number of rotatable bonds is 6. The fourth-order valence-corrected chi connectivity index (χ4v) is 3.71. The summed E-state index contributed by atoms with van der Waals surface area (Å²) in [5.41, 5.74) is 2.19. The van der Waals surface area contributed by atoms with Crippen LogP contribution in [-0.4, -0.2) is 11.2 Å². The van der Waals surface area contributed by atoms with Crippen LogP contribution in [0.15, 0.2) is 62.8 Å². The van der Waals surface area contributed by atoms with Gasteiger partial charge in [0.1, 0.15) is 18.6 Å². The van der Waals surface area contributed by atoms with Crippen molar-refractivity contribution in [3.63, 3.8) is 0 Å². The van der Waals surface area contributed by atoms with Gasteiger partial charge in [-0.05, 0) is 47.2 Å². The second kappa shape index (κ2) is 8.39. The van der Waals surface area contributed by atoms with Crippen molar-refractivity contribution in [2.24, 2.45) is 0 Å². The van der Waals surface area contributed by atoms with Crippen LogP contribution in [0.25, 0.3) is 0 Å². The van der Waals surface area contributed by atoms with Gasteiger partial charge in [-0.15, -0.1) is 11.8 Å². The summed E-state index contributed by atoms with van der Waals surface area (Å²) >= 11 is 1.66. The molecule has 0 spiro atoms. The first-order valence-electron chi connectivity index (χ1n) is 9.08. The summed E-state index contributed by atoms with van der Waals surface area (Å²) in [6, 6.07) is 11.8. The molecule has 4 rings (SSSR count). The first-order chi connectivity index (χ1) is 14.0. The Morgan fingerprint density at radius 2 is 1.72 bits per heavy atom. The van der Waals surface area contributed by atoms with Gasteiger partial charge < -0.3 is 9.15 Å². The quantitative estimate of drug-likeness (QED) is 0.545. The van der Waals surface area contributed by atoms with Crippen LogP contribution in [0, 0.1) is 11.6 Å². The molecule has 0 saturated carbocycles. The summed E-state index contributed by atoms with van der Waals surface area (Å²) in [7, 11) is 0. The van der Waals surface area contributed by atoms with Crippen molar-refractivity contribution in [3.05, 3.63) is 93.0 Å². The minimum atomic E-state index is -0.846. The van der Waals surface area contributed by atoms with Crippen molar-refractivity contribution in [1.29, 1.82) is 0 Å². The zero-order valence-electron chi connectivity index (χ0n) is 15.8. The average molecular weight is 415 g/mol. The number of nitrogens with zero attached hydrogens (tertiary/aromatic N) is 1. The van der Waals surface area contributed by atoms with Gasteiger partial charge in [0.15, 0.2) is 11.6 Å². The molecule has 150 valence electrons. The van der Waals surface area contributed by atoms with E-state index in [0.717, 1.165) is 21.6 Å². The first-order valence-corrected chi connectivity index (χ1v) is 10.3. The highest BCUT2D eigenvalue weighted by Gasteiger charge is 2.22. The van der Waals surface area contributed by atoms with Crippen LogP contribution < -0.4 is 10.2 Å². The molecule has 0 radical (unpaired) electrons. The van der Waals surface area contributed by atoms with Gasteiger partial charge in [-0.3, -0.25) is 9.69 Å². The van der Waals surface area contributed by atoms with E-state index in [-0.39, 0.29) is 17.8 Å². The maximum atomic E-state index is 13.4. The second-order valence-corrected chi connectivity index (χ2v) is 7.77. The number of hydrogen-bond donors (Lipinski definition) is 0. The van der Waals surface area contributed by atoms with Crippen LogP contribution >= 0.6 is 11.8 Å². The smallest absolute Gasteiger partial charge is 0.227 e. The van der Waals surface area contributed by atoms with Crippen molar-refractivity contribution in [2.75, 3.05) is 6.26 Å². The normalized spacial score (nSPS) is 13.5. The number of halogens is 2. The summed E-state index contributed by atoms with van der Waals surface area (Å²) < 4.78 is 37.9. The van der Waals surface area contributed by atoms with Crippen molar-refractivity contribution >= 4 is 11.8 Å². The lowest BCUT2D eigenvalue weighted by Crippen LogP contribution is -2.17. The van der Waals surface area contributed by atoms with Gasteiger partial charge in [-0.2, -0.15) is 0 Å². The summed E-state index contributed by atoms with van der Waals surface area (Å²) in [5, 5.41) is 0. The minimum Gasteiger partial charge on any atom is -0.482 e. The Morgan fingerprint density at radius 3 is 2.31 bits per heavy atom. The average Bonchev–Trinajstić information content (AvgIpc) is 3.09.